The molecule has 0 aliphatic heterocycles. The molecule has 1 saturated carbocycles. The zero-order valence-corrected chi connectivity index (χ0v) is 34.2. The number of carboxylic acids is 1. The molecule has 3 amide bonds. The van der Waals surface area contributed by atoms with Crippen molar-refractivity contribution in [3.05, 3.63) is 83.3 Å². The predicted molar refractivity (Wildman–Crippen MR) is 215 cm³/mol. The fourth-order valence-corrected chi connectivity index (χ4v) is 7.96. The number of ether oxygens (including phenoxy) is 3. The molecule has 17 heteroatoms. The molecule has 1 atom stereocenters. The molecule has 0 radical (unpaired) electrons. The van der Waals surface area contributed by atoms with Crippen LogP contribution in [0.15, 0.2) is 65.7 Å². The van der Waals surface area contributed by atoms with Gasteiger partial charge in [-0.1, -0.05) is 6.07 Å². The van der Waals surface area contributed by atoms with E-state index in [1.165, 1.54) is 37.4 Å². The first kappa shape index (κ1) is 43.3. The summed E-state index contributed by atoms with van der Waals surface area (Å²) in [7, 11) is -2.04. The van der Waals surface area contributed by atoms with Gasteiger partial charge in [-0.25, -0.2) is 32.2 Å². The van der Waals surface area contributed by atoms with Crippen molar-refractivity contribution in [3.63, 3.8) is 0 Å². The molecule has 1 unspecified atom stereocenters. The first-order valence-corrected chi connectivity index (χ1v) is 20.0. The number of aliphatic carboxylic acids is 1. The van der Waals surface area contributed by atoms with Crippen molar-refractivity contribution in [2.45, 2.75) is 101 Å². The second kappa shape index (κ2) is 17.0. The first-order chi connectivity index (χ1) is 27.1. The minimum atomic E-state index is -3.48. The lowest BCUT2D eigenvalue weighted by molar-refractivity contribution is -0.138. The topological polar surface area (TPSA) is 217 Å². The highest BCUT2D eigenvalue weighted by Crippen LogP contribution is 2.36. The Morgan fingerprint density at radius 2 is 1.55 bits per heavy atom. The molecule has 58 heavy (non-hydrogen) atoms. The average molecular weight is 822 g/mol. The van der Waals surface area contributed by atoms with Crippen LogP contribution in [-0.4, -0.2) is 66.1 Å². The number of aromatic nitrogens is 1. The van der Waals surface area contributed by atoms with Crippen molar-refractivity contribution in [1.82, 2.24) is 4.98 Å². The molecular weight excluding hydrogens is 774 g/mol. The van der Waals surface area contributed by atoms with Gasteiger partial charge in [0.1, 0.15) is 22.8 Å². The van der Waals surface area contributed by atoms with Gasteiger partial charge in [0.05, 0.1) is 23.5 Å². The number of aryl methyl sites for hydroxylation is 1. The zero-order chi connectivity index (χ0) is 42.7. The summed E-state index contributed by atoms with van der Waals surface area (Å²) < 4.78 is 57.4. The normalized spacial score (nSPS) is 13.7. The van der Waals surface area contributed by atoms with E-state index in [9.17, 15) is 32.7 Å². The lowest BCUT2D eigenvalue weighted by atomic mass is 9.99. The molecule has 3 aromatic carbocycles. The molecule has 0 saturated heterocycles. The third-order valence-corrected chi connectivity index (χ3v) is 11.2. The molecule has 1 fully saturated rings. The van der Waals surface area contributed by atoms with Gasteiger partial charge in [0.2, 0.25) is 5.91 Å². The number of amides is 3. The van der Waals surface area contributed by atoms with Crippen molar-refractivity contribution in [1.29, 1.82) is 0 Å². The molecule has 0 spiro atoms. The average Bonchev–Trinajstić information content (AvgIpc) is 3.99. The van der Waals surface area contributed by atoms with Gasteiger partial charge in [0, 0.05) is 35.1 Å². The Balaban J connectivity index is 1.38. The van der Waals surface area contributed by atoms with E-state index in [1.807, 2.05) is 0 Å². The van der Waals surface area contributed by atoms with Crippen LogP contribution in [0.25, 0.3) is 10.8 Å². The standard InChI is InChI=1S/C41H48FN5O10S/c1-40(2,3)56-38(51)47(39(52)57-41(4,5)6)36-29-14-10-27(20-30(29)31(42)22-44-36)46-35(37(49)50)24-8-15-32(55-7)23(18-24)9-17-34(48)45-26-11-16-33(25(19-26)21-43)58(53,54)28-12-13-28/h8,10-11,14-16,18-20,22,28,35,46H,9,12-13,17,21,43H2,1-7H3,(H,45,48)(H,49,50). The monoisotopic (exact) mass is 821 g/mol. The van der Waals surface area contributed by atoms with Gasteiger partial charge >= 0.3 is 18.2 Å². The van der Waals surface area contributed by atoms with Crippen molar-refractivity contribution >= 4 is 61.9 Å². The van der Waals surface area contributed by atoms with E-state index >= 15 is 4.39 Å². The van der Waals surface area contributed by atoms with Gasteiger partial charge in [-0.2, -0.15) is 4.90 Å². The molecular formula is C41H48FN5O10S. The Kier molecular flexibility index (Phi) is 12.7. The number of carboxylic acid groups (broad SMARTS) is 1. The van der Waals surface area contributed by atoms with Gasteiger partial charge in [0.25, 0.3) is 0 Å². The summed E-state index contributed by atoms with van der Waals surface area (Å²) in [4.78, 5) is 57.2. The van der Waals surface area contributed by atoms with E-state index in [-0.39, 0.29) is 52.5 Å². The van der Waals surface area contributed by atoms with Crippen LogP contribution in [0.2, 0.25) is 0 Å². The Morgan fingerprint density at radius 1 is 0.914 bits per heavy atom. The van der Waals surface area contributed by atoms with E-state index in [4.69, 9.17) is 19.9 Å². The summed E-state index contributed by atoms with van der Waals surface area (Å²) in [5.74, 6) is -2.32. The maximum atomic E-state index is 15.4. The summed E-state index contributed by atoms with van der Waals surface area (Å²) in [5.41, 5.74) is 5.63. The summed E-state index contributed by atoms with van der Waals surface area (Å²) in [6.07, 6.45) is -0.0342. The number of anilines is 3. The molecule has 0 bridgehead atoms. The maximum absolute atomic E-state index is 15.4. The molecule has 15 nitrogen and oxygen atoms in total. The molecule has 5 N–H and O–H groups in total. The van der Waals surface area contributed by atoms with Crippen LogP contribution in [0.5, 0.6) is 5.75 Å². The van der Waals surface area contributed by atoms with Crippen LogP contribution < -0.4 is 26.0 Å². The third-order valence-electron chi connectivity index (χ3n) is 8.83. The number of pyridine rings is 1. The van der Waals surface area contributed by atoms with Crippen molar-refractivity contribution in [2.24, 2.45) is 5.73 Å². The highest BCUT2D eigenvalue weighted by molar-refractivity contribution is 7.92. The largest absolute Gasteiger partial charge is 0.496 e. The Labute approximate surface area is 336 Å². The van der Waals surface area contributed by atoms with Crippen LogP contribution in [0.4, 0.5) is 31.2 Å². The molecule has 1 aliphatic carbocycles. The zero-order valence-electron chi connectivity index (χ0n) is 33.3. The maximum Gasteiger partial charge on any atom is 0.425 e. The fraction of sp³-hybridized carbons (Fsp3) is 0.390. The summed E-state index contributed by atoms with van der Waals surface area (Å²) in [6, 6.07) is 12.0. The number of benzene rings is 3. The molecule has 1 aromatic heterocycles. The minimum absolute atomic E-state index is 0.0268. The highest BCUT2D eigenvalue weighted by atomic mass is 32.2. The van der Waals surface area contributed by atoms with Gasteiger partial charge < -0.3 is 35.7 Å². The number of fused-ring (bicyclic) bond motifs is 1. The third kappa shape index (κ3) is 10.4. The van der Waals surface area contributed by atoms with E-state index in [0.29, 0.717) is 45.9 Å². The van der Waals surface area contributed by atoms with Crippen LogP contribution >= 0.6 is 0 Å². The number of nitrogens with two attached hydrogens (primary N) is 1. The number of hydrogen-bond acceptors (Lipinski definition) is 12. The number of rotatable bonds is 13. The Hall–Kier alpha value is -5.81. The number of sulfone groups is 1. The van der Waals surface area contributed by atoms with Gasteiger partial charge in [-0.3, -0.25) is 4.79 Å². The second-order valence-corrected chi connectivity index (χ2v) is 18.0. The quantitative estimate of drug-likeness (QED) is 0.105. The molecule has 4 aromatic rings. The molecule has 1 heterocycles. The van der Waals surface area contributed by atoms with E-state index in [1.54, 1.807) is 65.8 Å². The van der Waals surface area contributed by atoms with Crippen LogP contribution in [0.1, 0.15) is 83.5 Å². The number of hydrogen-bond donors (Lipinski definition) is 4. The van der Waals surface area contributed by atoms with Crippen LogP contribution in [-0.2, 0) is 41.9 Å². The van der Waals surface area contributed by atoms with E-state index in [0.717, 1.165) is 6.20 Å². The summed E-state index contributed by atoms with van der Waals surface area (Å²) in [5, 5.41) is 15.6. The molecule has 1 aliphatic rings. The van der Waals surface area contributed by atoms with Crippen LogP contribution in [0.3, 0.4) is 0 Å². The Morgan fingerprint density at radius 3 is 2.12 bits per heavy atom. The number of carbonyl (C=O) groups is 4. The van der Waals surface area contributed by atoms with Crippen molar-refractivity contribution in [2.75, 3.05) is 22.6 Å². The summed E-state index contributed by atoms with van der Waals surface area (Å²) >= 11 is 0. The minimum Gasteiger partial charge on any atom is -0.496 e. The van der Waals surface area contributed by atoms with Crippen molar-refractivity contribution in [3.8, 4) is 5.75 Å². The smallest absolute Gasteiger partial charge is 0.425 e. The first-order valence-electron chi connectivity index (χ1n) is 18.5. The number of carbonyl (C=O) groups excluding carboxylic acids is 3. The predicted octanol–water partition coefficient (Wildman–Crippen LogP) is 7.26. The molecule has 310 valence electrons. The Bertz CT molecular complexity index is 2330. The number of nitrogens with one attached hydrogen (secondary N) is 2. The van der Waals surface area contributed by atoms with Crippen LogP contribution in [0, 0.1) is 5.82 Å². The summed E-state index contributed by atoms with van der Waals surface area (Å²) in [6.45, 7) is 9.64. The second-order valence-electron chi connectivity index (χ2n) is 15.8. The fourth-order valence-electron chi connectivity index (χ4n) is 6.08. The lowest BCUT2D eigenvalue weighted by Gasteiger charge is -2.28. The van der Waals surface area contributed by atoms with Gasteiger partial charge in [-0.15, -0.1) is 0 Å². The van der Waals surface area contributed by atoms with Gasteiger partial charge in [-0.05, 0) is 126 Å². The number of imide groups is 1. The van der Waals surface area contributed by atoms with Gasteiger partial charge in [0.15, 0.2) is 21.7 Å². The SMILES string of the molecule is COc1ccc(C(Nc2ccc3c(N(C(=O)OC(C)(C)C)C(=O)OC(C)(C)C)ncc(F)c3c2)C(=O)O)cc1CCC(=O)Nc1ccc(S(=O)(=O)C2CC2)c(CN)c1. The lowest BCUT2D eigenvalue weighted by Crippen LogP contribution is -2.44. The number of nitrogens with zero attached hydrogens (tertiary/aromatic N) is 2. The molecule has 5 rings (SSSR count). The van der Waals surface area contributed by atoms with E-state index in [2.05, 4.69) is 15.6 Å². The number of methoxy groups -OCH3 is 1. The van der Waals surface area contributed by atoms with Crippen molar-refractivity contribution < 1.29 is 51.3 Å². The number of halogens is 1. The van der Waals surface area contributed by atoms with E-state index < -0.39 is 56.3 Å². The highest BCUT2D eigenvalue weighted by Gasteiger charge is 2.38.